The first-order chi connectivity index (χ1) is 8.15. The molecule has 17 heavy (non-hydrogen) atoms. The van der Waals surface area contributed by atoms with E-state index in [1.807, 2.05) is 13.0 Å². The first kappa shape index (κ1) is 11.6. The van der Waals surface area contributed by atoms with Crippen LogP contribution in [0.4, 0.5) is 0 Å². The zero-order valence-electron chi connectivity index (χ0n) is 9.12. The van der Waals surface area contributed by atoms with E-state index in [0.717, 1.165) is 10.6 Å². The molecule has 0 unspecified atom stereocenters. The molecular formula is C12H10N2O2S. The SMILES string of the molecule is Cc1ccnc(Sc2ccc(C(=O)O)cc2)n1. The van der Waals surface area contributed by atoms with Gasteiger partial charge in [-0.15, -0.1) is 0 Å². The minimum absolute atomic E-state index is 0.277. The van der Waals surface area contributed by atoms with Crippen molar-refractivity contribution in [3.8, 4) is 0 Å². The predicted octanol–water partition coefficient (Wildman–Crippen LogP) is 2.63. The van der Waals surface area contributed by atoms with Crippen LogP contribution in [-0.4, -0.2) is 21.0 Å². The van der Waals surface area contributed by atoms with Crippen molar-refractivity contribution >= 4 is 17.7 Å². The Morgan fingerprint density at radius 1 is 1.24 bits per heavy atom. The molecule has 1 aromatic carbocycles. The van der Waals surface area contributed by atoms with E-state index >= 15 is 0 Å². The zero-order valence-corrected chi connectivity index (χ0v) is 9.94. The summed E-state index contributed by atoms with van der Waals surface area (Å²) in [5.41, 5.74) is 1.18. The van der Waals surface area contributed by atoms with E-state index in [0.29, 0.717) is 5.16 Å². The van der Waals surface area contributed by atoms with E-state index in [1.165, 1.54) is 11.8 Å². The molecule has 2 aromatic rings. The molecule has 0 aliphatic carbocycles. The lowest BCUT2D eigenvalue weighted by molar-refractivity contribution is 0.0697. The second-order valence-corrected chi connectivity index (χ2v) is 4.45. The summed E-state index contributed by atoms with van der Waals surface area (Å²) in [5, 5.41) is 9.43. The molecule has 2 rings (SSSR count). The van der Waals surface area contributed by atoms with E-state index in [1.54, 1.807) is 30.5 Å². The number of carboxylic acids is 1. The first-order valence-corrected chi connectivity index (χ1v) is 5.77. The van der Waals surface area contributed by atoms with Gasteiger partial charge >= 0.3 is 5.97 Å². The topological polar surface area (TPSA) is 63.1 Å². The smallest absolute Gasteiger partial charge is 0.335 e. The van der Waals surface area contributed by atoms with E-state index in [2.05, 4.69) is 9.97 Å². The molecule has 1 heterocycles. The summed E-state index contributed by atoms with van der Waals surface area (Å²) in [4.78, 5) is 20.0. The third-order valence-corrected chi connectivity index (χ3v) is 2.97. The molecule has 0 aliphatic rings. The minimum atomic E-state index is -0.923. The monoisotopic (exact) mass is 246 g/mol. The molecule has 0 spiro atoms. The van der Waals surface area contributed by atoms with Crippen molar-refractivity contribution < 1.29 is 9.90 Å². The van der Waals surface area contributed by atoms with E-state index in [4.69, 9.17) is 5.11 Å². The van der Waals surface area contributed by atoms with Crippen LogP contribution in [0.3, 0.4) is 0 Å². The third-order valence-electron chi connectivity index (χ3n) is 2.08. The van der Waals surface area contributed by atoms with Crippen LogP contribution in [0.2, 0.25) is 0 Å². The van der Waals surface area contributed by atoms with Gasteiger partial charge in [0.15, 0.2) is 5.16 Å². The summed E-state index contributed by atoms with van der Waals surface area (Å²) in [6, 6.07) is 8.47. The first-order valence-electron chi connectivity index (χ1n) is 4.96. The van der Waals surface area contributed by atoms with E-state index in [-0.39, 0.29) is 5.56 Å². The minimum Gasteiger partial charge on any atom is -0.478 e. The summed E-state index contributed by atoms with van der Waals surface area (Å²) in [6.45, 7) is 1.90. The van der Waals surface area contributed by atoms with Gasteiger partial charge in [0.25, 0.3) is 0 Å². The Hall–Kier alpha value is -1.88. The van der Waals surface area contributed by atoms with Crippen LogP contribution in [-0.2, 0) is 0 Å². The van der Waals surface area contributed by atoms with Gasteiger partial charge in [0.1, 0.15) is 0 Å². The van der Waals surface area contributed by atoms with Crippen LogP contribution in [0.1, 0.15) is 16.1 Å². The Labute approximate surface area is 103 Å². The number of nitrogens with zero attached hydrogens (tertiary/aromatic N) is 2. The molecule has 0 radical (unpaired) electrons. The number of aromatic nitrogens is 2. The molecule has 4 nitrogen and oxygen atoms in total. The Morgan fingerprint density at radius 2 is 1.94 bits per heavy atom. The second kappa shape index (κ2) is 4.97. The predicted molar refractivity (Wildman–Crippen MR) is 64.3 cm³/mol. The number of rotatable bonds is 3. The highest BCUT2D eigenvalue weighted by atomic mass is 32.2. The Kier molecular flexibility index (Phi) is 3.39. The molecule has 0 fully saturated rings. The number of hydrogen-bond acceptors (Lipinski definition) is 4. The van der Waals surface area contributed by atoms with Crippen molar-refractivity contribution in [1.82, 2.24) is 9.97 Å². The number of carbonyl (C=O) groups is 1. The summed E-state index contributed by atoms with van der Waals surface area (Å²) < 4.78 is 0. The molecule has 1 aromatic heterocycles. The van der Waals surface area contributed by atoms with Crippen LogP contribution in [0.5, 0.6) is 0 Å². The van der Waals surface area contributed by atoms with Gasteiger partial charge in [-0.05, 0) is 49.0 Å². The number of carboxylic acid groups (broad SMARTS) is 1. The molecule has 0 bridgehead atoms. The Balaban J connectivity index is 2.16. The van der Waals surface area contributed by atoms with Crippen molar-refractivity contribution in [2.24, 2.45) is 0 Å². The molecule has 0 saturated heterocycles. The quantitative estimate of drug-likeness (QED) is 0.843. The van der Waals surface area contributed by atoms with Crippen LogP contribution < -0.4 is 0 Å². The normalized spacial score (nSPS) is 10.2. The lowest BCUT2D eigenvalue weighted by Gasteiger charge is -2.01. The Morgan fingerprint density at radius 3 is 2.53 bits per heavy atom. The Bertz CT molecular complexity index is 540. The van der Waals surface area contributed by atoms with Gasteiger partial charge in [0.05, 0.1) is 5.56 Å². The van der Waals surface area contributed by atoms with Gasteiger partial charge in [-0.3, -0.25) is 0 Å². The van der Waals surface area contributed by atoms with Crippen molar-refractivity contribution in [1.29, 1.82) is 0 Å². The summed E-state index contributed by atoms with van der Waals surface area (Å²) in [7, 11) is 0. The fourth-order valence-corrected chi connectivity index (χ4v) is 2.03. The lowest BCUT2D eigenvalue weighted by Crippen LogP contribution is -1.95. The van der Waals surface area contributed by atoms with Gasteiger partial charge < -0.3 is 5.11 Å². The fourth-order valence-electron chi connectivity index (χ4n) is 1.25. The maximum absolute atomic E-state index is 10.7. The van der Waals surface area contributed by atoms with Crippen LogP contribution in [0.25, 0.3) is 0 Å². The van der Waals surface area contributed by atoms with Crippen molar-refractivity contribution in [3.05, 3.63) is 47.8 Å². The largest absolute Gasteiger partial charge is 0.478 e. The fraction of sp³-hybridized carbons (Fsp3) is 0.0833. The highest BCUT2D eigenvalue weighted by Gasteiger charge is 2.04. The van der Waals surface area contributed by atoms with Crippen molar-refractivity contribution in [2.75, 3.05) is 0 Å². The number of hydrogen-bond donors (Lipinski definition) is 1. The number of aryl methyl sites for hydroxylation is 1. The van der Waals surface area contributed by atoms with Crippen LogP contribution >= 0.6 is 11.8 Å². The number of aromatic carboxylic acids is 1. The van der Waals surface area contributed by atoms with E-state index < -0.39 is 5.97 Å². The molecule has 0 aliphatic heterocycles. The zero-order chi connectivity index (χ0) is 12.3. The average Bonchev–Trinajstić information content (AvgIpc) is 2.29. The molecule has 0 saturated carbocycles. The van der Waals surface area contributed by atoms with Crippen LogP contribution in [0, 0.1) is 6.92 Å². The van der Waals surface area contributed by atoms with Crippen molar-refractivity contribution in [2.45, 2.75) is 17.0 Å². The van der Waals surface area contributed by atoms with Gasteiger partial charge in [-0.2, -0.15) is 0 Å². The lowest BCUT2D eigenvalue weighted by atomic mass is 10.2. The highest BCUT2D eigenvalue weighted by Crippen LogP contribution is 2.24. The average molecular weight is 246 g/mol. The summed E-state index contributed by atoms with van der Waals surface area (Å²) in [6.07, 6.45) is 1.70. The molecule has 5 heteroatoms. The van der Waals surface area contributed by atoms with Crippen LogP contribution in [0.15, 0.2) is 46.6 Å². The van der Waals surface area contributed by atoms with E-state index in [9.17, 15) is 4.79 Å². The maximum atomic E-state index is 10.7. The van der Waals surface area contributed by atoms with Gasteiger partial charge in [0, 0.05) is 16.8 Å². The number of benzene rings is 1. The van der Waals surface area contributed by atoms with Crippen molar-refractivity contribution in [3.63, 3.8) is 0 Å². The second-order valence-electron chi connectivity index (χ2n) is 3.41. The third kappa shape index (κ3) is 3.04. The summed E-state index contributed by atoms with van der Waals surface area (Å²) in [5.74, 6) is -0.923. The maximum Gasteiger partial charge on any atom is 0.335 e. The van der Waals surface area contributed by atoms with Gasteiger partial charge in [0.2, 0.25) is 0 Å². The molecule has 86 valence electrons. The molecule has 0 atom stereocenters. The summed E-state index contributed by atoms with van der Waals surface area (Å²) >= 11 is 1.41. The highest BCUT2D eigenvalue weighted by molar-refractivity contribution is 7.99. The van der Waals surface area contributed by atoms with Gasteiger partial charge in [-0.1, -0.05) is 0 Å². The molecular weight excluding hydrogens is 236 g/mol. The molecule has 0 amide bonds. The van der Waals surface area contributed by atoms with Gasteiger partial charge in [-0.25, -0.2) is 14.8 Å². The standard InChI is InChI=1S/C12H10N2O2S/c1-8-6-7-13-12(14-8)17-10-4-2-9(3-5-10)11(15)16/h2-7H,1H3,(H,15,16). The molecule has 1 N–H and O–H groups in total.